The van der Waals surface area contributed by atoms with E-state index in [0.717, 1.165) is 22.9 Å². The molecule has 0 unspecified atom stereocenters. The SMILES string of the molecule is NC1=N[C@@]2(CCO1)c1cc(-c3cncc(F)c3)ccc1Oc1cnc(-c3ccnc(F)c3)cc12. The normalized spacial score (nSPS) is 18.4. The van der Waals surface area contributed by atoms with E-state index < -0.39 is 17.3 Å². The average molecular weight is 457 g/mol. The summed E-state index contributed by atoms with van der Waals surface area (Å²) in [7, 11) is 0. The molecular formula is C25H17F2N5O2. The van der Waals surface area contributed by atoms with Crippen molar-refractivity contribution in [1.29, 1.82) is 0 Å². The summed E-state index contributed by atoms with van der Waals surface area (Å²) in [6.07, 6.45) is 6.21. The van der Waals surface area contributed by atoms with Gasteiger partial charge in [0.05, 0.1) is 24.7 Å². The first kappa shape index (κ1) is 20.2. The van der Waals surface area contributed by atoms with Crippen molar-refractivity contribution >= 4 is 6.02 Å². The van der Waals surface area contributed by atoms with E-state index in [0.29, 0.717) is 41.3 Å². The molecule has 2 N–H and O–H groups in total. The number of aliphatic imine (C=N–C) groups is 1. The van der Waals surface area contributed by atoms with Crippen LogP contribution in [0.3, 0.4) is 0 Å². The Labute approximate surface area is 193 Å². The summed E-state index contributed by atoms with van der Waals surface area (Å²) in [5.74, 6) is 0.0723. The van der Waals surface area contributed by atoms with Gasteiger partial charge < -0.3 is 15.2 Å². The number of hydrogen-bond donors (Lipinski definition) is 1. The highest BCUT2D eigenvalue weighted by Gasteiger charge is 2.45. The largest absolute Gasteiger partial charge is 0.465 e. The molecule has 0 saturated heterocycles. The van der Waals surface area contributed by atoms with Gasteiger partial charge in [0.15, 0.2) is 5.75 Å². The molecule has 5 heterocycles. The van der Waals surface area contributed by atoms with Gasteiger partial charge in [-0.15, -0.1) is 0 Å². The van der Waals surface area contributed by atoms with Crippen molar-refractivity contribution in [2.45, 2.75) is 12.0 Å². The third kappa shape index (κ3) is 3.24. The molecule has 0 fully saturated rings. The van der Waals surface area contributed by atoms with Crippen LogP contribution in [0.1, 0.15) is 17.5 Å². The molecule has 1 aromatic carbocycles. The number of ether oxygens (including phenoxy) is 2. The number of rotatable bonds is 2. The van der Waals surface area contributed by atoms with Gasteiger partial charge in [0.1, 0.15) is 17.1 Å². The third-order valence-corrected chi connectivity index (χ3v) is 6.03. The second kappa shape index (κ2) is 7.58. The minimum absolute atomic E-state index is 0.0520. The lowest BCUT2D eigenvalue weighted by molar-refractivity contribution is 0.219. The van der Waals surface area contributed by atoms with Gasteiger partial charge in [-0.3, -0.25) is 9.97 Å². The first-order chi connectivity index (χ1) is 16.5. The second-order valence-electron chi connectivity index (χ2n) is 8.05. The maximum absolute atomic E-state index is 13.8. The molecule has 0 radical (unpaired) electrons. The fraction of sp³-hybridized carbons (Fsp3) is 0.120. The zero-order valence-corrected chi connectivity index (χ0v) is 17.7. The first-order valence-electron chi connectivity index (χ1n) is 10.6. The van der Waals surface area contributed by atoms with E-state index in [9.17, 15) is 8.78 Å². The number of amidine groups is 1. The topological polar surface area (TPSA) is 95.5 Å². The summed E-state index contributed by atoms with van der Waals surface area (Å²) in [6.45, 7) is 0.335. The maximum Gasteiger partial charge on any atom is 0.283 e. The molecule has 7 nitrogen and oxygen atoms in total. The van der Waals surface area contributed by atoms with E-state index in [1.54, 1.807) is 18.5 Å². The number of nitrogens with two attached hydrogens (primary N) is 1. The van der Waals surface area contributed by atoms with Gasteiger partial charge in [-0.25, -0.2) is 14.4 Å². The van der Waals surface area contributed by atoms with E-state index in [-0.39, 0.29) is 6.02 Å². The van der Waals surface area contributed by atoms with E-state index in [4.69, 9.17) is 20.2 Å². The predicted molar refractivity (Wildman–Crippen MR) is 120 cm³/mol. The van der Waals surface area contributed by atoms with Gasteiger partial charge in [-0.05, 0) is 35.9 Å². The van der Waals surface area contributed by atoms with E-state index in [1.807, 2.05) is 24.3 Å². The van der Waals surface area contributed by atoms with Crippen LogP contribution in [0.5, 0.6) is 11.5 Å². The molecule has 1 spiro atoms. The summed E-state index contributed by atoms with van der Waals surface area (Å²) in [6, 6.07) is 11.8. The highest BCUT2D eigenvalue weighted by atomic mass is 19.1. The van der Waals surface area contributed by atoms with Gasteiger partial charge in [0.25, 0.3) is 6.02 Å². The van der Waals surface area contributed by atoms with Crippen LogP contribution in [0.25, 0.3) is 22.4 Å². The smallest absolute Gasteiger partial charge is 0.283 e. The Morgan fingerprint density at radius 2 is 1.74 bits per heavy atom. The molecule has 0 amide bonds. The van der Waals surface area contributed by atoms with E-state index in [2.05, 4.69) is 15.0 Å². The summed E-state index contributed by atoms with van der Waals surface area (Å²) in [4.78, 5) is 16.8. The summed E-state index contributed by atoms with van der Waals surface area (Å²) in [5.41, 5.74) is 9.08. The lowest BCUT2D eigenvalue weighted by atomic mass is 9.77. The lowest BCUT2D eigenvalue weighted by Gasteiger charge is -2.39. The standard InChI is InChI=1S/C25H17F2N5O2/c26-17-7-16(11-29-12-17)14-1-2-21-18(8-14)25(4-6-33-24(28)32-25)19-10-20(31-13-22(19)34-21)15-3-5-30-23(27)9-15/h1-3,5,7-13H,4,6H2,(H2,28,32)/t25-/m0/s1. The van der Waals surface area contributed by atoms with Crippen molar-refractivity contribution in [2.24, 2.45) is 10.7 Å². The molecule has 2 aliphatic heterocycles. The van der Waals surface area contributed by atoms with Crippen LogP contribution in [0, 0.1) is 11.8 Å². The maximum atomic E-state index is 13.8. The zero-order chi connectivity index (χ0) is 23.3. The number of aromatic nitrogens is 3. The van der Waals surface area contributed by atoms with Crippen molar-refractivity contribution in [1.82, 2.24) is 15.0 Å². The van der Waals surface area contributed by atoms with Crippen molar-refractivity contribution < 1.29 is 18.3 Å². The quantitative estimate of drug-likeness (QED) is 0.443. The molecule has 34 heavy (non-hydrogen) atoms. The molecule has 3 aromatic heterocycles. The summed E-state index contributed by atoms with van der Waals surface area (Å²) >= 11 is 0. The number of benzene rings is 1. The Kier molecular flexibility index (Phi) is 4.51. The van der Waals surface area contributed by atoms with Crippen molar-refractivity contribution in [3.05, 3.63) is 90.1 Å². The number of halogens is 2. The molecular weight excluding hydrogens is 440 g/mol. The number of fused-ring (bicyclic) bond motifs is 4. The van der Waals surface area contributed by atoms with Gasteiger partial charge in [-0.1, -0.05) is 6.07 Å². The van der Waals surface area contributed by atoms with Crippen LogP contribution >= 0.6 is 0 Å². The van der Waals surface area contributed by atoms with Crippen molar-refractivity contribution in [3.63, 3.8) is 0 Å². The Morgan fingerprint density at radius 1 is 0.853 bits per heavy atom. The minimum atomic E-state index is -0.925. The second-order valence-corrected chi connectivity index (χ2v) is 8.05. The molecule has 0 bridgehead atoms. The predicted octanol–water partition coefficient (Wildman–Crippen LogP) is 4.57. The Balaban J connectivity index is 1.57. The summed E-state index contributed by atoms with van der Waals surface area (Å²) in [5, 5.41) is 0. The highest BCUT2D eigenvalue weighted by Crippen LogP contribution is 2.53. The first-order valence-corrected chi connectivity index (χ1v) is 10.6. The molecule has 2 aliphatic rings. The number of nitrogens with zero attached hydrogens (tertiary/aromatic N) is 4. The molecule has 9 heteroatoms. The van der Waals surface area contributed by atoms with Crippen molar-refractivity contribution in [2.75, 3.05) is 6.61 Å². The van der Waals surface area contributed by atoms with Gasteiger partial charge >= 0.3 is 0 Å². The molecule has 1 atom stereocenters. The van der Waals surface area contributed by atoms with Crippen molar-refractivity contribution in [3.8, 4) is 33.9 Å². The number of pyridine rings is 3. The van der Waals surface area contributed by atoms with Gasteiger partial charge in [-0.2, -0.15) is 4.39 Å². The van der Waals surface area contributed by atoms with E-state index >= 15 is 0 Å². The molecule has 0 saturated carbocycles. The van der Waals surface area contributed by atoms with Crippen LogP contribution in [0.4, 0.5) is 8.78 Å². The van der Waals surface area contributed by atoms with Crippen LogP contribution in [0.15, 0.2) is 72.2 Å². The Hall–Kier alpha value is -4.40. The Morgan fingerprint density at radius 3 is 2.56 bits per heavy atom. The van der Waals surface area contributed by atoms with Crippen LogP contribution < -0.4 is 10.5 Å². The fourth-order valence-corrected chi connectivity index (χ4v) is 4.49. The van der Waals surface area contributed by atoms with Gasteiger partial charge in [0.2, 0.25) is 5.95 Å². The van der Waals surface area contributed by atoms with Crippen LogP contribution in [0.2, 0.25) is 0 Å². The molecule has 0 aliphatic carbocycles. The van der Waals surface area contributed by atoms with Crippen LogP contribution in [-0.4, -0.2) is 27.6 Å². The lowest BCUT2D eigenvalue weighted by Crippen LogP contribution is -2.38. The average Bonchev–Trinajstić information content (AvgIpc) is 2.84. The minimum Gasteiger partial charge on any atom is -0.465 e. The zero-order valence-electron chi connectivity index (χ0n) is 17.7. The van der Waals surface area contributed by atoms with E-state index in [1.165, 1.54) is 18.3 Å². The highest BCUT2D eigenvalue weighted by molar-refractivity contribution is 5.76. The summed E-state index contributed by atoms with van der Waals surface area (Å²) < 4.78 is 39.2. The monoisotopic (exact) mass is 457 g/mol. The number of hydrogen-bond acceptors (Lipinski definition) is 7. The van der Waals surface area contributed by atoms with Gasteiger partial charge in [0, 0.05) is 47.1 Å². The molecule has 168 valence electrons. The fourth-order valence-electron chi connectivity index (χ4n) is 4.49. The third-order valence-electron chi connectivity index (χ3n) is 6.03. The Bertz CT molecular complexity index is 1380. The molecule has 6 rings (SSSR count). The van der Waals surface area contributed by atoms with Crippen LogP contribution in [-0.2, 0) is 10.3 Å². The molecule has 4 aromatic rings.